The lowest BCUT2D eigenvalue weighted by molar-refractivity contribution is -0.138. The van der Waals surface area contributed by atoms with Crippen LogP contribution >= 0.6 is 11.3 Å². The van der Waals surface area contributed by atoms with E-state index in [4.69, 9.17) is 15.2 Å². The molecule has 2 amide bonds. The van der Waals surface area contributed by atoms with E-state index < -0.39 is 24.3 Å². The molecule has 5 rings (SSSR count). The number of rotatable bonds is 9. The molecule has 3 N–H and O–H groups in total. The summed E-state index contributed by atoms with van der Waals surface area (Å²) in [7, 11) is 0. The van der Waals surface area contributed by atoms with Gasteiger partial charge >= 0.3 is 6.18 Å². The molecule has 1 saturated heterocycles. The van der Waals surface area contributed by atoms with Crippen LogP contribution < -0.4 is 15.8 Å². The number of carbonyl (C=O) groups is 2. The quantitative estimate of drug-likeness (QED) is 0.315. The monoisotopic (exact) mass is 574 g/mol. The highest BCUT2D eigenvalue weighted by Crippen LogP contribution is 2.36. The summed E-state index contributed by atoms with van der Waals surface area (Å²) in [5.74, 6) is -1.09. The maximum Gasteiger partial charge on any atom is 0.416 e. The average molecular weight is 575 g/mol. The van der Waals surface area contributed by atoms with Crippen molar-refractivity contribution < 1.29 is 32.2 Å². The Morgan fingerprint density at radius 3 is 2.67 bits per heavy atom. The number of halogens is 3. The van der Waals surface area contributed by atoms with E-state index in [1.54, 1.807) is 10.6 Å². The highest BCUT2D eigenvalue weighted by Gasteiger charge is 2.33. The number of fused-ring (bicyclic) bond motifs is 1. The molecule has 0 unspecified atom stereocenters. The molecule has 3 aromatic heterocycles. The van der Waals surface area contributed by atoms with E-state index in [1.165, 1.54) is 36.8 Å². The van der Waals surface area contributed by atoms with Gasteiger partial charge in [0.05, 0.1) is 30.5 Å². The van der Waals surface area contributed by atoms with Gasteiger partial charge in [0.25, 0.3) is 11.8 Å². The minimum absolute atomic E-state index is 0.0384. The van der Waals surface area contributed by atoms with Crippen LogP contribution in [0.5, 0.6) is 5.75 Å². The summed E-state index contributed by atoms with van der Waals surface area (Å²) in [6.07, 6.45) is -1.59. The summed E-state index contributed by atoms with van der Waals surface area (Å²) in [6.45, 7) is 3.69. The first-order valence-electron chi connectivity index (χ1n) is 12.3. The zero-order valence-electron chi connectivity index (χ0n) is 21.1. The second-order valence-corrected chi connectivity index (χ2v) is 10.00. The van der Waals surface area contributed by atoms with Gasteiger partial charge in [-0.05, 0) is 12.1 Å². The Kier molecular flexibility index (Phi) is 8.00. The third-order valence-electron chi connectivity index (χ3n) is 6.34. The normalized spacial score (nSPS) is 14.4. The molecule has 4 heterocycles. The summed E-state index contributed by atoms with van der Waals surface area (Å²) >= 11 is 0.994. The molecule has 0 radical (unpaired) electrons. The van der Waals surface area contributed by atoms with E-state index >= 15 is 0 Å². The van der Waals surface area contributed by atoms with Crippen LogP contribution in [0.2, 0.25) is 0 Å². The summed E-state index contributed by atoms with van der Waals surface area (Å²) in [4.78, 5) is 35.7. The smallest absolute Gasteiger partial charge is 0.416 e. The molecule has 1 fully saturated rings. The van der Waals surface area contributed by atoms with E-state index in [0.29, 0.717) is 42.3 Å². The average Bonchev–Trinajstić information content (AvgIpc) is 3.56. The standard InChI is InChI=1S/C26H25F3N6O4S/c27-26(28,29)17-4-2-1-3-16(17)14-39-21-12-22(40-23(21)24(30)36)35-15-33-19-13-32-18(11-20(19)35)25(37)31-5-6-34-7-9-38-10-8-34/h1-4,11-13,15H,5-10,14H2,(H2,30,36)(H,31,37). The molecule has 10 nitrogen and oxygen atoms in total. The van der Waals surface area contributed by atoms with Gasteiger partial charge in [0.2, 0.25) is 0 Å². The predicted octanol–water partition coefficient (Wildman–Crippen LogP) is 3.24. The Balaban J connectivity index is 1.35. The molecule has 0 spiro atoms. The molecule has 0 saturated carbocycles. The molecular weight excluding hydrogens is 549 g/mol. The Hall–Kier alpha value is -4.01. The van der Waals surface area contributed by atoms with Gasteiger partial charge < -0.3 is 20.5 Å². The van der Waals surface area contributed by atoms with E-state index in [1.807, 2.05) is 0 Å². The van der Waals surface area contributed by atoms with Crippen LogP contribution in [0.3, 0.4) is 0 Å². The Morgan fingerprint density at radius 1 is 1.15 bits per heavy atom. The van der Waals surface area contributed by atoms with Crippen molar-refractivity contribution in [1.29, 1.82) is 0 Å². The summed E-state index contributed by atoms with van der Waals surface area (Å²) < 4.78 is 52.8. The van der Waals surface area contributed by atoms with Crippen molar-refractivity contribution in [2.45, 2.75) is 12.8 Å². The molecule has 40 heavy (non-hydrogen) atoms. The Labute approximate surface area is 230 Å². The number of thiophene rings is 1. The summed E-state index contributed by atoms with van der Waals surface area (Å²) in [5, 5.41) is 3.34. The van der Waals surface area contributed by atoms with Crippen LogP contribution in [0.1, 0.15) is 31.3 Å². The van der Waals surface area contributed by atoms with Gasteiger partial charge in [0.1, 0.15) is 39.8 Å². The van der Waals surface area contributed by atoms with Gasteiger partial charge in [-0.3, -0.25) is 19.1 Å². The predicted molar refractivity (Wildman–Crippen MR) is 141 cm³/mol. The fraction of sp³-hybridized carbons (Fsp3) is 0.308. The maximum absolute atomic E-state index is 13.4. The topological polar surface area (TPSA) is 125 Å². The number of hydrogen-bond acceptors (Lipinski definition) is 8. The van der Waals surface area contributed by atoms with Gasteiger partial charge in [-0.2, -0.15) is 13.2 Å². The van der Waals surface area contributed by atoms with Crippen molar-refractivity contribution in [1.82, 2.24) is 24.8 Å². The highest BCUT2D eigenvalue weighted by molar-refractivity contribution is 7.16. The number of imidazole rings is 1. The number of aromatic nitrogens is 3. The number of nitrogens with two attached hydrogens (primary N) is 1. The molecule has 14 heteroatoms. The molecule has 1 aliphatic rings. The third kappa shape index (κ3) is 6.08. The van der Waals surface area contributed by atoms with E-state index in [2.05, 4.69) is 20.2 Å². The number of carbonyl (C=O) groups excluding carboxylic acids is 2. The molecule has 210 valence electrons. The summed E-state index contributed by atoms with van der Waals surface area (Å²) in [6, 6.07) is 8.13. The number of primary amides is 1. The van der Waals surface area contributed by atoms with Gasteiger partial charge in [-0.1, -0.05) is 18.2 Å². The first-order chi connectivity index (χ1) is 19.2. The highest BCUT2D eigenvalue weighted by atomic mass is 32.1. The van der Waals surface area contributed by atoms with Crippen molar-refractivity contribution in [3.63, 3.8) is 0 Å². The lowest BCUT2D eigenvalue weighted by Crippen LogP contribution is -2.41. The molecule has 0 atom stereocenters. The lowest BCUT2D eigenvalue weighted by atomic mass is 10.1. The molecule has 1 aromatic carbocycles. The van der Waals surface area contributed by atoms with Gasteiger partial charge in [-0.15, -0.1) is 11.3 Å². The number of alkyl halides is 3. The van der Waals surface area contributed by atoms with E-state index in [9.17, 15) is 22.8 Å². The van der Waals surface area contributed by atoms with Crippen molar-refractivity contribution in [2.24, 2.45) is 5.73 Å². The van der Waals surface area contributed by atoms with Crippen LogP contribution in [-0.4, -0.2) is 70.6 Å². The number of nitrogens with zero attached hydrogens (tertiary/aromatic N) is 4. The van der Waals surface area contributed by atoms with Crippen LogP contribution in [0.15, 0.2) is 48.9 Å². The van der Waals surface area contributed by atoms with Crippen molar-refractivity contribution >= 4 is 34.2 Å². The van der Waals surface area contributed by atoms with Crippen molar-refractivity contribution in [3.8, 4) is 10.8 Å². The van der Waals surface area contributed by atoms with Gasteiger partial charge in [0.15, 0.2) is 0 Å². The van der Waals surface area contributed by atoms with Crippen LogP contribution in [0, 0.1) is 0 Å². The number of morpholine rings is 1. The number of amides is 2. The minimum Gasteiger partial charge on any atom is -0.487 e. The first-order valence-corrected chi connectivity index (χ1v) is 13.2. The van der Waals surface area contributed by atoms with E-state index in [0.717, 1.165) is 30.5 Å². The zero-order valence-corrected chi connectivity index (χ0v) is 21.9. The molecule has 0 bridgehead atoms. The van der Waals surface area contributed by atoms with Crippen LogP contribution in [0.4, 0.5) is 13.2 Å². The minimum atomic E-state index is -4.55. The van der Waals surface area contributed by atoms with Gasteiger partial charge in [-0.25, -0.2) is 9.97 Å². The second-order valence-electron chi connectivity index (χ2n) is 8.97. The summed E-state index contributed by atoms with van der Waals surface area (Å²) in [5.41, 5.74) is 5.86. The van der Waals surface area contributed by atoms with Crippen LogP contribution in [0.25, 0.3) is 16.0 Å². The molecule has 0 aliphatic carbocycles. The number of hydrogen-bond donors (Lipinski definition) is 2. The molecular formula is C26H25F3N6O4S. The third-order valence-corrected chi connectivity index (χ3v) is 7.47. The zero-order chi connectivity index (χ0) is 28.3. The molecule has 1 aliphatic heterocycles. The Morgan fingerprint density at radius 2 is 1.93 bits per heavy atom. The van der Waals surface area contributed by atoms with Crippen molar-refractivity contribution in [3.05, 3.63) is 70.6 Å². The second kappa shape index (κ2) is 11.6. The van der Waals surface area contributed by atoms with E-state index in [-0.39, 0.29) is 27.8 Å². The molecule has 4 aromatic rings. The van der Waals surface area contributed by atoms with Gasteiger partial charge in [0, 0.05) is 37.8 Å². The fourth-order valence-corrected chi connectivity index (χ4v) is 5.23. The number of nitrogens with one attached hydrogen (secondary N) is 1. The number of benzene rings is 1. The largest absolute Gasteiger partial charge is 0.487 e. The fourth-order valence-electron chi connectivity index (χ4n) is 4.29. The SMILES string of the molecule is NC(=O)c1sc(-n2cnc3cnc(C(=O)NCCN4CCOCC4)cc32)cc1OCc1ccccc1C(F)(F)F. The Bertz CT molecular complexity index is 1530. The lowest BCUT2D eigenvalue weighted by Gasteiger charge is -2.26. The van der Waals surface area contributed by atoms with Crippen LogP contribution in [-0.2, 0) is 17.5 Å². The first kappa shape index (κ1) is 27.6. The maximum atomic E-state index is 13.4. The van der Waals surface area contributed by atoms with Crippen molar-refractivity contribution in [2.75, 3.05) is 39.4 Å². The number of ether oxygens (including phenoxy) is 2. The number of pyridine rings is 1.